The van der Waals surface area contributed by atoms with Gasteiger partial charge < -0.3 is 0 Å². The lowest BCUT2D eigenvalue weighted by molar-refractivity contribution is 0.891. The molecule has 0 saturated carbocycles. The van der Waals surface area contributed by atoms with Gasteiger partial charge in [0.25, 0.3) is 0 Å². The van der Waals surface area contributed by atoms with Gasteiger partial charge in [-0.2, -0.15) is 0 Å². The molecule has 0 aliphatic rings. The monoisotopic (exact) mass is 184 g/mol. The highest BCUT2D eigenvalue weighted by Crippen LogP contribution is 2.09. The highest BCUT2D eigenvalue weighted by atomic mass is 35.5. The lowest BCUT2D eigenvalue weighted by Gasteiger charge is -1.90. The molecule has 0 unspecified atom stereocenters. The molecule has 0 atom stereocenters. The number of aryl methyl sites for hydroxylation is 1. The predicted molar refractivity (Wildman–Crippen MR) is 44.1 cm³/mol. The van der Waals surface area contributed by atoms with Crippen molar-refractivity contribution in [2.75, 3.05) is 0 Å². The van der Waals surface area contributed by atoms with Crippen LogP contribution in [0, 0.1) is 0 Å². The van der Waals surface area contributed by atoms with Gasteiger partial charge in [-0.05, 0) is 0 Å². The Labute approximate surface area is 72.0 Å². The molecule has 0 bridgehead atoms. The highest BCUT2D eigenvalue weighted by molar-refractivity contribution is 6.29. The molecule has 0 aromatic carbocycles. The third-order valence-electron chi connectivity index (χ3n) is 1.64. The van der Waals surface area contributed by atoms with E-state index in [4.69, 9.17) is 11.6 Å². The van der Waals surface area contributed by atoms with Crippen LogP contribution in [0.5, 0.6) is 0 Å². The topological polar surface area (TPSA) is 63.6 Å². The highest BCUT2D eigenvalue weighted by Gasteiger charge is 2.04. The summed E-state index contributed by atoms with van der Waals surface area (Å²) in [5, 5.41) is 7.57. The Hall–Kier alpha value is -1.36. The zero-order chi connectivity index (χ0) is 8.72. The summed E-state index contributed by atoms with van der Waals surface area (Å²) in [4.78, 5) is 13.6. The summed E-state index contributed by atoms with van der Waals surface area (Å²) in [6, 6.07) is 1.59. The van der Waals surface area contributed by atoms with Crippen molar-refractivity contribution in [3.8, 4) is 0 Å². The fraction of sp³-hybridized carbons (Fsp3) is 0.167. The lowest BCUT2D eigenvalue weighted by Crippen LogP contribution is -2.11. The van der Waals surface area contributed by atoms with Gasteiger partial charge in [0, 0.05) is 13.1 Å². The van der Waals surface area contributed by atoms with E-state index in [1.807, 2.05) is 0 Å². The van der Waals surface area contributed by atoms with Crippen LogP contribution in [-0.4, -0.2) is 19.7 Å². The van der Waals surface area contributed by atoms with Crippen molar-refractivity contribution >= 4 is 22.8 Å². The fourth-order valence-corrected chi connectivity index (χ4v) is 1.14. The summed E-state index contributed by atoms with van der Waals surface area (Å²) in [7, 11) is 1.64. The zero-order valence-electron chi connectivity index (χ0n) is 6.21. The molecule has 2 heterocycles. The Morgan fingerprint density at radius 1 is 1.58 bits per heavy atom. The largest absolute Gasteiger partial charge is 0.327 e. The molecule has 1 N–H and O–H groups in total. The molecule has 2 aromatic rings. The second-order valence-corrected chi connectivity index (χ2v) is 2.78. The first kappa shape index (κ1) is 7.30. The van der Waals surface area contributed by atoms with Gasteiger partial charge in [0.15, 0.2) is 10.8 Å². The van der Waals surface area contributed by atoms with Gasteiger partial charge in [-0.1, -0.05) is 11.6 Å². The Morgan fingerprint density at radius 2 is 2.33 bits per heavy atom. The van der Waals surface area contributed by atoms with Gasteiger partial charge in [0.2, 0.25) is 0 Å². The van der Waals surface area contributed by atoms with Crippen LogP contribution >= 0.6 is 11.6 Å². The number of nitrogens with one attached hydrogen (secondary N) is 1. The van der Waals surface area contributed by atoms with E-state index in [1.54, 1.807) is 13.1 Å². The minimum absolute atomic E-state index is 0.221. The van der Waals surface area contributed by atoms with Crippen LogP contribution in [-0.2, 0) is 7.05 Å². The maximum absolute atomic E-state index is 11.0. The molecule has 0 aliphatic heterocycles. The molecule has 0 saturated heterocycles. The molecule has 0 fully saturated rings. The molecule has 12 heavy (non-hydrogen) atoms. The quantitative estimate of drug-likeness (QED) is 0.641. The first-order valence-corrected chi connectivity index (χ1v) is 3.64. The molecule has 0 amide bonds. The zero-order valence-corrected chi connectivity index (χ0v) is 6.96. The van der Waals surface area contributed by atoms with Crippen LogP contribution in [0.1, 0.15) is 0 Å². The second-order valence-electron chi connectivity index (χ2n) is 2.39. The molecule has 0 aliphatic carbocycles. The maximum atomic E-state index is 11.0. The molecule has 62 valence electrons. The average molecular weight is 185 g/mol. The Morgan fingerprint density at radius 3 is 3.08 bits per heavy atom. The number of fused-ring (bicyclic) bond motifs is 1. The van der Waals surface area contributed by atoms with Crippen LogP contribution in [0.4, 0.5) is 0 Å². The minimum Gasteiger partial charge on any atom is -0.293 e. The van der Waals surface area contributed by atoms with E-state index >= 15 is 0 Å². The second kappa shape index (κ2) is 2.31. The number of halogens is 1. The summed E-state index contributed by atoms with van der Waals surface area (Å²) >= 11 is 5.60. The van der Waals surface area contributed by atoms with E-state index in [0.29, 0.717) is 11.2 Å². The lowest BCUT2D eigenvalue weighted by atomic mass is 10.5. The number of nitrogens with zero attached hydrogens (tertiary/aromatic N) is 3. The molecule has 0 radical (unpaired) electrons. The van der Waals surface area contributed by atoms with E-state index in [2.05, 4.69) is 15.2 Å². The standard InChI is InChI=1S/C6H5ClN4O/c1-11-3-2-4(7)9-10-5(3)8-6(11)12/h2H,1H3,(H,8,10,12). The van der Waals surface area contributed by atoms with E-state index < -0.39 is 0 Å². The van der Waals surface area contributed by atoms with Gasteiger partial charge in [-0.3, -0.25) is 9.55 Å². The number of aromatic nitrogens is 4. The van der Waals surface area contributed by atoms with E-state index in [0.717, 1.165) is 0 Å². The van der Waals surface area contributed by atoms with E-state index in [9.17, 15) is 4.79 Å². The summed E-state index contributed by atoms with van der Waals surface area (Å²) in [5.41, 5.74) is 0.883. The Bertz CT molecular complexity index is 486. The van der Waals surface area contributed by atoms with Crippen molar-refractivity contribution in [3.63, 3.8) is 0 Å². The van der Waals surface area contributed by atoms with Crippen molar-refractivity contribution in [1.29, 1.82) is 0 Å². The van der Waals surface area contributed by atoms with Crippen molar-refractivity contribution < 1.29 is 0 Å². The number of imidazole rings is 1. The SMILES string of the molecule is Cn1c(=O)[nH]c2nnc(Cl)cc21. The van der Waals surface area contributed by atoms with Crippen LogP contribution in [0.2, 0.25) is 5.15 Å². The minimum atomic E-state index is -0.221. The van der Waals surface area contributed by atoms with Gasteiger partial charge in [-0.15, -0.1) is 10.2 Å². The number of hydrogen-bond donors (Lipinski definition) is 1. The molecular formula is C6H5ClN4O. The third-order valence-corrected chi connectivity index (χ3v) is 1.82. The van der Waals surface area contributed by atoms with Crippen molar-refractivity contribution in [3.05, 3.63) is 21.7 Å². The fourth-order valence-electron chi connectivity index (χ4n) is 0.998. The van der Waals surface area contributed by atoms with Gasteiger partial charge in [0.1, 0.15) is 0 Å². The molecule has 2 rings (SSSR count). The Balaban J connectivity index is 2.98. The molecular weight excluding hydrogens is 180 g/mol. The normalized spacial score (nSPS) is 10.8. The van der Waals surface area contributed by atoms with Gasteiger partial charge in [0.05, 0.1) is 5.52 Å². The van der Waals surface area contributed by atoms with Crippen molar-refractivity contribution in [2.45, 2.75) is 0 Å². The van der Waals surface area contributed by atoms with Crippen LogP contribution in [0.25, 0.3) is 11.2 Å². The first-order chi connectivity index (χ1) is 5.68. The van der Waals surface area contributed by atoms with Crippen LogP contribution < -0.4 is 5.69 Å². The van der Waals surface area contributed by atoms with Crippen molar-refractivity contribution in [2.24, 2.45) is 7.05 Å². The van der Waals surface area contributed by atoms with Crippen LogP contribution in [0.15, 0.2) is 10.9 Å². The Kier molecular flexibility index (Phi) is 1.41. The van der Waals surface area contributed by atoms with Crippen LogP contribution in [0.3, 0.4) is 0 Å². The molecule has 0 spiro atoms. The smallest absolute Gasteiger partial charge is 0.293 e. The number of H-pyrrole nitrogens is 1. The average Bonchev–Trinajstić information content (AvgIpc) is 2.31. The first-order valence-electron chi connectivity index (χ1n) is 3.26. The summed E-state index contributed by atoms with van der Waals surface area (Å²) in [6.07, 6.45) is 0. The predicted octanol–water partition coefficient (Wildman–Crippen LogP) is 0.310. The number of rotatable bonds is 0. The summed E-state index contributed by atoms with van der Waals surface area (Å²) in [5.74, 6) is 0. The van der Waals surface area contributed by atoms with Gasteiger partial charge in [-0.25, -0.2) is 4.79 Å². The third kappa shape index (κ3) is 0.902. The molecule has 2 aromatic heterocycles. The summed E-state index contributed by atoms with van der Waals surface area (Å²) < 4.78 is 1.43. The van der Waals surface area contributed by atoms with E-state index in [-0.39, 0.29) is 10.8 Å². The van der Waals surface area contributed by atoms with E-state index in [1.165, 1.54) is 4.57 Å². The maximum Gasteiger partial charge on any atom is 0.327 e. The molecule has 5 nitrogen and oxygen atoms in total. The number of hydrogen-bond acceptors (Lipinski definition) is 3. The van der Waals surface area contributed by atoms with Gasteiger partial charge >= 0.3 is 5.69 Å². The summed E-state index contributed by atoms with van der Waals surface area (Å²) in [6.45, 7) is 0. The molecule has 6 heteroatoms. The van der Waals surface area contributed by atoms with Crippen molar-refractivity contribution in [1.82, 2.24) is 19.7 Å². The number of aromatic amines is 1.